The van der Waals surface area contributed by atoms with Crippen LogP contribution in [0.5, 0.6) is 0 Å². The number of hydrogen-bond acceptors (Lipinski definition) is 21. The summed E-state index contributed by atoms with van der Waals surface area (Å²) in [5, 5.41) is 17.7. The summed E-state index contributed by atoms with van der Waals surface area (Å²) in [6.45, 7) is 17.7. The number of nitrogens with two attached hydrogens (primary N) is 1. The average molecular weight is 1100 g/mol. The summed E-state index contributed by atoms with van der Waals surface area (Å²) in [5.41, 5.74) is 0. The number of hydrogen-bond donors (Lipinski definition) is 8. The van der Waals surface area contributed by atoms with E-state index in [1.54, 1.807) is 48.5 Å². The average Bonchev–Trinajstić information content (AvgIpc) is 3.37. The lowest BCUT2D eigenvalue weighted by Gasteiger charge is -2.18. The number of carbonyl (C=O) groups excluding carboxylic acids is 10. The summed E-state index contributed by atoms with van der Waals surface area (Å²) >= 11 is 0. The minimum Gasteiger partial charge on any atom is -0.447 e. The Balaban J connectivity index is -0.000000509. The zero-order chi connectivity index (χ0) is 56.9. The normalized spacial score (nSPS) is 10.2. The topological polar surface area (TPSA) is 373 Å². The number of nitrogens with one attached hydrogen (secondary N) is 7. The lowest BCUT2D eigenvalue weighted by atomic mass is 10.1. The molecule has 0 bridgehead atoms. The van der Waals surface area contributed by atoms with Crippen LogP contribution in [0.25, 0.3) is 0 Å². The maximum absolute atomic E-state index is 11.6. The molecule has 0 aromatic rings. The third-order valence-electron chi connectivity index (χ3n) is 8.74. The van der Waals surface area contributed by atoms with Gasteiger partial charge in [-0.2, -0.15) is 0 Å². The lowest BCUT2D eigenvalue weighted by molar-refractivity contribution is -0.127. The van der Waals surface area contributed by atoms with Crippen LogP contribution < -0.4 is 43.1 Å². The van der Waals surface area contributed by atoms with Gasteiger partial charge in [-0.15, -0.1) is 0 Å². The predicted octanol–water partition coefficient (Wildman–Crippen LogP) is 3.49. The van der Waals surface area contributed by atoms with Crippen molar-refractivity contribution in [2.45, 2.75) is 139 Å². The Morgan fingerprint density at radius 2 is 0.684 bits per heavy atom. The van der Waals surface area contributed by atoms with Gasteiger partial charge in [-0.05, 0) is 67.2 Å². The lowest BCUT2D eigenvalue weighted by Crippen LogP contribution is -2.34. The highest BCUT2D eigenvalue weighted by atomic mass is 16.6. The van der Waals surface area contributed by atoms with E-state index in [9.17, 15) is 47.9 Å². The molecule has 0 aromatic heterocycles. The highest BCUT2D eigenvalue weighted by molar-refractivity contribution is 5.98. The molecule has 28 heteroatoms. The molecule has 0 radical (unpaired) electrons. The fourth-order valence-electron chi connectivity index (χ4n) is 5.09. The minimum atomic E-state index is -0.646. The summed E-state index contributed by atoms with van der Waals surface area (Å²) in [6, 6.07) is 0. The second-order valence-electron chi connectivity index (χ2n) is 15.4. The van der Waals surface area contributed by atoms with Gasteiger partial charge in [0.25, 0.3) is 0 Å². The van der Waals surface area contributed by atoms with Crippen LogP contribution in [-0.4, -0.2) is 190 Å². The quantitative estimate of drug-likeness (QED) is 0.0188. The van der Waals surface area contributed by atoms with Gasteiger partial charge in [-0.1, -0.05) is 21.3 Å². The van der Waals surface area contributed by atoms with E-state index in [2.05, 4.69) is 42.1 Å². The molecule has 0 aliphatic rings. The Morgan fingerprint density at radius 3 is 0.947 bits per heavy atom. The summed E-state index contributed by atoms with van der Waals surface area (Å²) in [4.78, 5) is 118. The van der Waals surface area contributed by atoms with Crippen molar-refractivity contribution in [2.75, 3.05) is 112 Å². The summed E-state index contributed by atoms with van der Waals surface area (Å²) in [7, 11) is 0. The molecule has 0 unspecified atom stereocenters. The molecule has 0 heterocycles. The molecule has 28 nitrogen and oxygen atoms in total. The molecule has 7 amide bonds. The largest absolute Gasteiger partial charge is 0.447 e. The Labute approximate surface area is 448 Å². The third kappa shape index (κ3) is 52.8. The highest BCUT2D eigenvalue weighted by Gasteiger charge is 2.19. The molecule has 9 N–H and O–H groups in total. The van der Waals surface area contributed by atoms with Crippen molar-refractivity contribution in [3.63, 3.8) is 0 Å². The number of Topliss-reactive ketones (excluding diaryl/α,β-unsaturated/α-hetero) is 3. The summed E-state index contributed by atoms with van der Waals surface area (Å²) < 4.78 is 46.5. The van der Waals surface area contributed by atoms with Crippen LogP contribution in [0.2, 0.25) is 0 Å². The van der Waals surface area contributed by atoms with E-state index < -0.39 is 54.9 Å². The van der Waals surface area contributed by atoms with Gasteiger partial charge < -0.3 is 79.8 Å². The number of alkyl carbamates (subject to hydrolysis) is 6. The molecule has 0 aliphatic carbocycles. The second-order valence-corrected chi connectivity index (χ2v) is 15.4. The van der Waals surface area contributed by atoms with Gasteiger partial charge in [0.15, 0.2) is 5.78 Å². The molecule has 0 saturated carbocycles. The Bertz CT molecular complexity index is 1520. The van der Waals surface area contributed by atoms with E-state index in [1.807, 2.05) is 6.92 Å². The molecular weight excluding hydrogens is 1010 g/mol. The van der Waals surface area contributed by atoms with Gasteiger partial charge in [-0.3, -0.25) is 24.0 Å². The zero-order valence-electron chi connectivity index (χ0n) is 45.4. The molecule has 0 aliphatic heterocycles. The highest BCUT2D eigenvalue weighted by Crippen LogP contribution is 2.05. The summed E-state index contributed by atoms with van der Waals surface area (Å²) in [5.74, 6) is 4.42. The van der Waals surface area contributed by atoms with Crippen LogP contribution in [0.15, 0.2) is 0 Å². The zero-order valence-corrected chi connectivity index (χ0v) is 45.4. The molecule has 0 aromatic carbocycles. The standard InChI is InChI=1S/C17H30N2O7.C16H31N3O6.C14H27N3O7.CH4/c1-4-13(20)10-14(21)8-7-9-24-15(11-25-16(22)18-5-2)12-26-17(23)19-6-3;1-4-9-19-14(20)8-7-10-23-13(11-24-15(21)17-5-2)12-25-16(22)18-6-3;1-3-16-13(19)22-9-12(10-23-14(20)17-4-2)21-7-5-6-11(18)8-24-15;/h15H,4-12H2,1-3H3,(H,18,22)(H,19,23);13H,4-12H2,1-3H3,(H,17,21)(H,18,22)(H,19,20);12H,3-10,15H2,1-2H3,(H,16,19)(H,17,20);1H4. The van der Waals surface area contributed by atoms with Crippen LogP contribution in [-0.2, 0) is 66.6 Å². The van der Waals surface area contributed by atoms with Gasteiger partial charge in [0.1, 0.15) is 76.1 Å². The number of ether oxygens (including phenoxy) is 9. The van der Waals surface area contributed by atoms with E-state index in [1.165, 1.54) is 0 Å². The molecule has 0 fully saturated rings. The first-order chi connectivity index (χ1) is 36.0. The fourth-order valence-corrected chi connectivity index (χ4v) is 5.09. The molecule has 0 atom stereocenters. The Kier molecular flexibility index (Phi) is 55.4. The van der Waals surface area contributed by atoms with Crippen LogP contribution in [0.3, 0.4) is 0 Å². The summed E-state index contributed by atoms with van der Waals surface area (Å²) in [6.07, 6.45) is -1.94. The van der Waals surface area contributed by atoms with Gasteiger partial charge in [0, 0.05) is 91.3 Å². The third-order valence-corrected chi connectivity index (χ3v) is 8.74. The fraction of sp³-hybridized carbons (Fsp3) is 0.792. The van der Waals surface area contributed by atoms with E-state index in [0.29, 0.717) is 84.5 Å². The smallest absolute Gasteiger partial charge is 0.407 e. The van der Waals surface area contributed by atoms with Gasteiger partial charge in [-0.25, -0.2) is 34.7 Å². The number of carbonyl (C=O) groups is 10. The van der Waals surface area contributed by atoms with Crippen molar-refractivity contribution < 1.29 is 95.4 Å². The van der Waals surface area contributed by atoms with Crippen molar-refractivity contribution >= 4 is 59.8 Å². The predicted molar refractivity (Wildman–Crippen MR) is 277 cm³/mol. The molecule has 76 heavy (non-hydrogen) atoms. The van der Waals surface area contributed by atoms with Crippen LogP contribution in [0.1, 0.15) is 121 Å². The number of ketones is 3. The molecular formula is C48H92N8O20. The van der Waals surface area contributed by atoms with Crippen LogP contribution >= 0.6 is 0 Å². The van der Waals surface area contributed by atoms with Crippen molar-refractivity contribution in [3.8, 4) is 0 Å². The van der Waals surface area contributed by atoms with E-state index in [4.69, 9.17) is 48.5 Å². The second kappa shape index (κ2) is 55.1. The Morgan fingerprint density at radius 1 is 0.395 bits per heavy atom. The van der Waals surface area contributed by atoms with E-state index >= 15 is 0 Å². The van der Waals surface area contributed by atoms with Crippen molar-refractivity contribution in [1.29, 1.82) is 0 Å². The first kappa shape index (κ1) is 76.4. The molecule has 0 spiro atoms. The van der Waals surface area contributed by atoms with Crippen molar-refractivity contribution in [3.05, 3.63) is 0 Å². The number of amides is 7. The molecule has 0 rings (SSSR count). The van der Waals surface area contributed by atoms with Crippen LogP contribution in [0, 0.1) is 0 Å². The number of rotatable bonds is 40. The molecule has 444 valence electrons. The van der Waals surface area contributed by atoms with Crippen LogP contribution in [0.4, 0.5) is 28.8 Å². The van der Waals surface area contributed by atoms with Gasteiger partial charge >= 0.3 is 36.6 Å². The SMILES string of the molecule is C.CCCNC(=O)CCCOC(COC(=O)NCC)COC(=O)NCC.CCNC(=O)OCC(COC(=O)NCC)OCCCC(=O)CC(=O)CC.CCNC(=O)OCC(COC(=O)NCC)OCCCC(=O)CON. The van der Waals surface area contributed by atoms with Gasteiger partial charge in [0.2, 0.25) is 5.91 Å². The van der Waals surface area contributed by atoms with Gasteiger partial charge in [0.05, 0.1) is 6.42 Å². The first-order valence-corrected chi connectivity index (χ1v) is 25.4. The van der Waals surface area contributed by atoms with E-state index in [-0.39, 0.29) is 109 Å². The van der Waals surface area contributed by atoms with Crippen molar-refractivity contribution in [1.82, 2.24) is 37.2 Å². The minimum absolute atomic E-state index is 0. The monoisotopic (exact) mass is 1100 g/mol. The maximum Gasteiger partial charge on any atom is 0.407 e. The molecule has 0 saturated heterocycles. The van der Waals surface area contributed by atoms with E-state index in [0.717, 1.165) is 6.42 Å². The first-order valence-electron chi connectivity index (χ1n) is 25.4. The maximum atomic E-state index is 11.6. The van der Waals surface area contributed by atoms with Crippen molar-refractivity contribution in [2.24, 2.45) is 5.90 Å². The Hall–Kier alpha value is -6.10.